The first-order valence-corrected chi connectivity index (χ1v) is 16.4. The third-order valence-corrected chi connectivity index (χ3v) is 13.3. The molecule has 0 N–H and O–H groups in total. The van der Waals surface area contributed by atoms with E-state index in [-0.39, 0.29) is 0 Å². The molecular weight excluding hydrogens is 272 g/mol. The van der Waals surface area contributed by atoms with Gasteiger partial charge in [-0.1, -0.05) is 27.2 Å². The lowest BCUT2D eigenvalue weighted by Gasteiger charge is -2.40. The Morgan fingerprint density at radius 2 is 1.28 bits per heavy atom. The minimum atomic E-state index is -1.96. The summed E-state index contributed by atoms with van der Waals surface area (Å²) in [7, 11) is -5.10. The average Bonchev–Trinajstić information content (AvgIpc) is 1.93. The van der Waals surface area contributed by atoms with Crippen LogP contribution in [0.4, 0.5) is 0 Å². The van der Waals surface area contributed by atoms with Crippen LogP contribution in [0.2, 0.25) is 51.9 Å². The maximum Gasteiger partial charge on any atom is 0.311 e. The highest BCUT2D eigenvalue weighted by atomic mass is 28.5. The smallest absolute Gasteiger partial charge is 0.311 e. The van der Waals surface area contributed by atoms with Gasteiger partial charge in [-0.05, 0) is 57.3 Å². The van der Waals surface area contributed by atoms with Crippen molar-refractivity contribution in [3.63, 3.8) is 0 Å². The Morgan fingerprint density at radius 3 is 1.61 bits per heavy atom. The van der Waals surface area contributed by atoms with Crippen molar-refractivity contribution in [2.75, 3.05) is 0 Å². The van der Waals surface area contributed by atoms with Crippen LogP contribution in [0.15, 0.2) is 0 Å². The molecule has 0 aliphatic heterocycles. The number of hydrogen-bond acceptors (Lipinski definition) is 2. The molecule has 2 nitrogen and oxygen atoms in total. The summed E-state index contributed by atoms with van der Waals surface area (Å²) in [6.07, 6.45) is 1.21. The van der Waals surface area contributed by atoms with Crippen LogP contribution in [0.3, 0.4) is 0 Å². The Labute approximate surface area is 118 Å². The molecule has 0 heterocycles. The van der Waals surface area contributed by atoms with Crippen LogP contribution in [-0.4, -0.2) is 25.2 Å². The lowest BCUT2D eigenvalue weighted by atomic mass is 9.93. The van der Waals surface area contributed by atoms with Crippen LogP contribution in [-0.2, 0) is 8.23 Å². The second kappa shape index (κ2) is 5.91. The van der Waals surface area contributed by atoms with Crippen LogP contribution in [0.5, 0.6) is 0 Å². The second-order valence-electron chi connectivity index (χ2n) is 8.17. The van der Waals surface area contributed by atoms with Gasteiger partial charge in [-0.2, -0.15) is 0 Å². The van der Waals surface area contributed by atoms with Crippen molar-refractivity contribution in [1.82, 2.24) is 0 Å². The first-order valence-electron chi connectivity index (χ1n) is 7.08. The summed E-state index contributed by atoms with van der Waals surface area (Å²) in [5.41, 5.74) is 0.388. The first-order chi connectivity index (χ1) is 7.68. The molecule has 0 saturated heterocycles. The van der Waals surface area contributed by atoms with Gasteiger partial charge in [0.25, 0.3) is 0 Å². The molecule has 0 aromatic rings. The zero-order chi connectivity index (χ0) is 14.8. The van der Waals surface area contributed by atoms with Crippen LogP contribution in [0.1, 0.15) is 27.2 Å². The summed E-state index contributed by atoms with van der Waals surface area (Å²) in [4.78, 5) is 0. The highest BCUT2D eigenvalue weighted by Gasteiger charge is 2.40. The molecule has 0 bridgehead atoms. The molecule has 0 aromatic carbocycles. The fourth-order valence-electron chi connectivity index (χ4n) is 2.74. The van der Waals surface area contributed by atoms with E-state index in [1.807, 2.05) is 0 Å². The normalized spacial score (nSPS) is 15.0. The van der Waals surface area contributed by atoms with E-state index < -0.39 is 25.2 Å². The zero-order valence-electron chi connectivity index (χ0n) is 14.2. The van der Waals surface area contributed by atoms with Gasteiger partial charge in [-0.3, -0.25) is 0 Å². The third kappa shape index (κ3) is 8.63. The Kier molecular flexibility index (Phi) is 6.10. The van der Waals surface area contributed by atoms with E-state index in [1.54, 1.807) is 0 Å². The minimum Gasteiger partial charge on any atom is -0.437 e. The van der Waals surface area contributed by atoms with E-state index in [9.17, 15) is 0 Å². The van der Waals surface area contributed by atoms with Gasteiger partial charge in [0.15, 0.2) is 16.6 Å². The maximum atomic E-state index is 6.53. The van der Waals surface area contributed by atoms with E-state index in [0.717, 1.165) is 0 Å². The average molecular weight is 307 g/mol. The predicted molar refractivity (Wildman–Crippen MR) is 89.4 cm³/mol. The van der Waals surface area contributed by atoms with Gasteiger partial charge in [0.1, 0.15) is 0 Å². The van der Waals surface area contributed by atoms with E-state index in [1.165, 1.54) is 12.5 Å². The van der Waals surface area contributed by atoms with E-state index in [0.29, 0.717) is 5.41 Å². The number of rotatable bonds is 7. The molecular formula is C13H34O2Si3. The van der Waals surface area contributed by atoms with Gasteiger partial charge < -0.3 is 8.23 Å². The molecule has 0 unspecified atom stereocenters. The molecule has 0 fully saturated rings. The topological polar surface area (TPSA) is 18.5 Å². The third-order valence-electron chi connectivity index (χ3n) is 2.94. The molecule has 5 heteroatoms. The Bertz CT molecular complexity index is 268. The van der Waals surface area contributed by atoms with Crippen LogP contribution in [0, 0.1) is 5.41 Å². The van der Waals surface area contributed by atoms with Crippen molar-refractivity contribution in [1.29, 1.82) is 0 Å². The van der Waals surface area contributed by atoms with Gasteiger partial charge in [0, 0.05) is 0 Å². The second-order valence-corrected chi connectivity index (χ2v) is 20.7. The monoisotopic (exact) mass is 306 g/mol. The molecule has 110 valence electrons. The Morgan fingerprint density at radius 1 is 0.833 bits per heavy atom. The molecule has 0 radical (unpaired) electrons. The van der Waals surface area contributed by atoms with Gasteiger partial charge in [-0.15, -0.1) is 0 Å². The number of hydrogen-bond donors (Lipinski definition) is 0. The van der Waals surface area contributed by atoms with Gasteiger partial charge >= 0.3 is 8.56 Å². The quantitative estimate of drug-likeness (QED) is 0.602. The molecule has 0 aliphatic carbocycles. The Balaban J connectivity index is 4.66. The predicted octanol–water partition coefficient (Wildman–Crippen LogP) is 5.20. The maximum absolute atomic E-state index is 6.53. The standard InChI is InChI=1S/C13H34O2Si3/c1-11-13(2,3)12-17(7,8)15-18(9,10)14-16(4,5)6/h11-12H2,1-10H3. The lowest BCUT2D eigenvalue weighted by molar-refractivity contribution is 0.348. The summed E-state index contributed by atoms with van der Waals surface area (Å²) in [5.74, 6) is 0. The molecule has 0 aromatic heterocycles. The molecule has 0 atom stereocenters. The summed E-state index contributed by atoms with van der Waals surface area (Å²) in [6.45, 7) is 22.8. The van der Waals surface area contributed by atoms with Gasteiger partial charge in [0.2, 0.25) is 0 Å². The minimum absolute atomic E-state index is 0.388. The van der Waals surface area contributed by atoms with E-state index >= 15 is 0 Å². The Hall–Kier alpha value is 0.571. The van der Waals surface area contributed by atoms with Crippen LogP contribution >= 0.6 is 0 Å². The van der Waals surface area contributed by atoms with Crippen LogP contribution in [0.25, 0.3) is 0 Å². The molecule has 0 amide bonds. The van der Waals surface area contributed by atoms with E-state index in [4.69, 9.17) is 8.23 Å². The SMILES string of the molecule is CCC(C)(C)C[Si](C)(C)O[Si](C)(C)O[Si](C)(C)C. The molecule has 0 spiro atoms. The molecule has 0 aliphatic rings. The van der Waals surface area contributed by atoms with Gasteiger partial charge in [0.05, 0.1) is 0 Å². The first kappa shape index (κ1) is 18.6. The summed E-state index contributed by atoms with van der Waals surface area (Å²) in [6, 6.07) is 1.21. The summed E-state index contributed by atoms with van der Waals surface area (Å²) < 4.78 is 12.8. The fraction of sp³-hybridized carbons (Fsp3) is 1.00. The van der Waals surface area contributed by atoms with Crippen molar-refractivity contribution in [3.8, 4) is 0 Å². The summed E-state index contributed by atoms with van der Waals surface area (Å²) in [5, 5.41) is 0. The highest BCUT2D eigenvalue weighted by molar-refractivity contribution is 6.87. The molecule has 0 rings (SSSR count). The lowest BCUT2D eigenvalue weighted by Crippen LogP contribution is -2.52. The zero-order valence-corrected chi connectivity index (χ0v) is 17.2. The van der Waals surface area contributed by atoms with Crippen molar-refractivity contribution in [2.24, 2.45) is 5.41 Å². The van der Waals surface area contributed by atoms with Crippen molar-refractivity contribution < 1.29 is 8.23 Å². The fourth-order valence-corrected chi connectivity index (χ4v) is 17.3. The van der Waals surface area contributed by atoms with Crippen LogP contribution < -0.4 is 0 Å². The van der Waals surface area contributed by atoms with Crippen molar-refractivity contribution in [3.05, 3.63) is 0 Å². The van der Waals surface area contributed by atoms with Crippen molar-refractivity contribution >= 4 is 25.2 Å². The summed E-state index contributed by atoms with van der Waals surface area (Å²) >= 11 is 0. The van der Waals surface area contributed by atoms with E-state index in [2.05, 4.69) is 66.6 Å². The largest absolute Gasteiger partial charge is 0.437 e. The molecule has 18 heavy (non-hydrogen) atoms. The van der Waals surface area contributed by atoms with Gasteiger partial charge in [-0.25, -0.2) is 0 Å². The van der Waals surface area contributed by atoms with Crippen molar-refractivity contribution in [2.45, 2.75) is 79.1 Å². The molecule has 0 saturated carbocycles. The highest BCUT2D eigenvalue weighted by Crippen LogP contribution is 2.34.